The predicted molar refractivity (Wildman–Crippen MR) is 117 cm³/mol. The summed E-state index contributed by atoms with van der Waals surface area (Å²) in [6.45, 7) is 0. The molecule has 0 amide bonds. The summed E-state index contributed by atoms with van der Waals surface area (Å²) in [6, 6.07) is 12.5. The van der Waals surface area contributed by atoms with E-state index >= 15 is 0 Å². The minimum absolute atomic E-state index is 0. The van der Waals surface area contributed by atoms with Crippen molar-refractivity contribution in [2.45, 2.75) is 12.8 Å². The zero-order valence-electron chi connectivity index (χ0n) is 17.4. The van der Waals surface area contributed by atoms with E-state index in [-0.39, 0.29) is 21.7 Å². The van der Waals surface area contributed by atoms with Crippen LogP contribution >= 0.6 is 0 Å². The molecule has 2 nitrogen and oxygen atoms in total. The summed E-state index contributed by atoms with van der Waals surface area (Å²) in [5.41, 5.74) is 0.866. The summed E-state index contributed by atoms with van der Waals surface area (Å²) in [7, 11) is 0. The molecule has 0 fully saturated rings. The number of hydrogen-bond donors (Lipinski definition) is 2. The Morgan fingerprint density at radius 3 is 1.36 bits per heavy atom. The van der Waals surface area contributed by atoms with Gasteiger partial charge in [-0.15, -0.1) is 47.9 Å². The van der Waals surface area contributed by atoms with Gasteiger partial charge in [0.25, 0.3) is 0 Å². The third-order valence-electron chi connectivity index (χ3n) is 4.10. The summed E-state index contributed by atoms with van der Waals surface area (Å²) in [6.07, 6.45) is 20.0. The average molecular weight is 482 g/mol. The van der Waals surface area contributed by atoms with Crippen LogP contribution in [0.5, 0.6) is 0 Å². The standard InChI is InChI=1S/2C8H4F2N.2C5H5.Ti/c2*9-6-2-1-5-3-8(10)11-7(5)4-6;2*1-2-4-5-3-1;/h2*2-4,11H;2*1-3H,4H2;/q4*-1;+4. The second-order valence-corrected chi connectivity index (χ2v) is 6.53. The Morgan fingerprint density at radius 2 is 1.06 bits per heavy atom. The minimum Gasteiger partial charge on any atom is -0.380 e. The van der Waals surface area contributed by atoms with Crippen LogP contribution in [0.3, 0.4) is 0 Å². The second-order valence-electron chi connectivity index (χ2n) is 6.53. The third kappa shape index (κ3) is 8.75. The van der Waals surface area contributed by atoms with Crippen LogP contribution in [0.4, 0.5) is 17.6 Å². The number of aromatic nitrogens is 2. The first-order chi connectivity index (χ1) is 15.5. The largest absolute Gasteiger partial charge is 4.00 e. The number of fused-ring (bicyclic) bond motifs is 2. The van der Waals surface area contributed by atoms with Crippen LogP contribution in [0, 0.1) is 47.8 Å². The second kappa shape index (κ2) is 13.5. The first-order valence-electron chi connectivity index (χ1n) is 9.65. The van der Waals surface area contributed by atoms with Gasteiger partial charge in [-0.25, -0.2) is 24.3 Å². The summed E-state index contributed by atoms with van der Waals surface area (Å²) in [4.78, 5) is 4.72. The maximum Gasteiger partial charge on any atom is 4.00 e. The van der Waals surface area contributed by atoms with Crippen LogP contribution in [0.1, 0.15) is 12.8 Å². The molecular weight excluding hydrogens is 464 g/mol. The number of allylic oxidation sites excluding steroid dienone is 8. The van der Waals surface area contributed by atoms with E-state index in [9.17, 15) is 17.6 Å². The number of aromatic amines is 2. The van der Waals surface area contributed by atoms with Crippen LogP contribution in [-0.4, -0.2) is 9.97 Å². The molecule has 4 aromatic rings. The quantitative estimate of drug-likeness (QED) is 0.152. The van der Waals surface area contributed by atoms with E-state index in [1.54, 1.807) is 0 Å². The van der Waals surface area contributed by atoms with Gasteiger partial charge >= 0.3 is 21.7 Å². The normalized spacial score (nSPS) is 12.5. The summed E-state index contributed by atoms with van der Waals surface area (Å²) >= 11 is 0. The van der Waals surface area contributed by atoms with Crippen molar-refractivity contribution < 1.29 is 39.3 Å². The Labute approximate surface area is 204 Å². The van der Waals surface area contributed by atoms with Gasteiger partial charge in [0, 0.05) is 11.6 Å². The summed E-state index contributed by atoms with van der Waals surface area (Å²) in [5.74, 6) is -1.78. The minimum atomic E-state index is -0.471. The van der Waals surface area contributed by atoms with Crippen molar-refractivity contribution in [2.24, 2.45) is 0 Å². The van der Waals surface area contributed by atoms with Crippen LogP contribution in [0.2, 0.25) is 0 Å². The van der Waals surface area contributed by atoms with Crippen molar-refractivity contribution in [3.05, 3.63) is 121 Å². The van der Waals surface area contributed by atoms with E-state index in [0.29, 0.717) is 21.8 Å². The first-order valence-corrected chi connectivity index (χ1v) is 9.65. The van der Waals surface area contributed by atoms with E-state index < -0.39 is 23.5 Å². The Morgan fingerprint density at radius 1 is 0.636 bits per heavy atom. The number of nitrogens with one attached hydrogen (secondary N) is 2. The molecule has 2 aromatic carbocycles. The molecule has 2 heterocycles. The van der Waals surface area contributed by atoms with Gasteiger partial charge in [0.05, 0.1) is 0 Å². The molecule has 0 unspecified atom stereocenters. The van der Waals surface area contributed by atoms with Crippen molar-refractivity contribution in [1.82, 2.24) is 9.97 Å². The number of H-pyrrole nitrogens is 2. The van der Waals surface area contributed by atoms with E-state index in [4.69, 9.17) is 0 Å². The smallest absolute Gasteiger partial charge is 0.380 e. The molecule has 0 saturated heterocycles. The molecule has 0 spiro atoms. The Balaban J connectivity index is 0.000000164. The Kier molecular flexibility index (Phi) is 10.7. The van der Waals surface area contributed by atoms with Gasteiger partial charge in [0.2, 0.25) is 0 Å². The number of hydrogen-bond acceptors (Lipinski definition) is 0. The van der Waals surface area contributed by atoms with Gasteiger partial charge in [0.15, 0.2) is 0 Å². The number of rotatable bonds is 0. The van der Waals surface area contributed by atoms with E-state index in [2.05, 4.69) is 46.4 Å². The molecule has 2 aliphatic rings. The van der Waals surface area contributed by atoms with Gasteiger partial charge in [-0.05, 0) is 11.0 Å². The van der Waals surface area contributed by atoms with Gasteiger partial charge in [-0.1, -0.05) is 24.3 Å². The molecule has 6 rings (SSSR count). The Hall–Kier alpha value is -3.09. The molecule has 0 bridgehead atoms. The molecule has 0 atom stereocenters. The fourth-order valence-electron chi connectivity index (χ4n) is 2.67. The monoisotopic (exact) mass is 482 g/mol. The fraction of sp³-hybridized carbons (Fsp3) is 0.0769. The molecule has 164 valence electrons. The van der Waals surface area contributed by atoms with Crippen molar-refractivity contribution in [3.63, 3.8) is 0 Å². The predicted octanol–water partition coefficient (Wildman–Crippen LogP) is 7.10. The molecule has 0 aliphatic heterocycles. The SMILES string of the molecule is Fc1c[c-]c2cc(F)[nH]c2c1.Fc1c[c-]c2cc(F)[nH]c2c1.[C-]1=CC=CC1.[C-]1=CC=CC1.[Ti+4]. The van der Waals surface area contributed by atoms with Crippen LogP contribution in [-0.2, 0) is 21.7 Å². The molecule has 0 saturated carbocycles. The van der Waals surface area contributed by atoms with Gasteiger partial charge in [0.1, 0.15) is 11.9 Å². The molecular formula is C26H18F4N2Ti. The molecule has 2 N–H and O–H groups in total. The summed E-state index contributed by atoms with van der Waals surface area (Å²) < 4.78 is 49.9. The maximum atomic E-state index is 12.5. The van der Waals surface area contributed by atoms with E-state index in [0.717, 1.165) is 12.8 Å². The molecule has 2 aliphatic carbocycles. The fourth-order valence-corrected chi connectivity index (χ4v) is 2.67. The molecule has 2 aromatic heterocycles. The van der Waals surface area contributed by atoms with Crippen molar-refractivity contribution in [1.29, 1.82) is 0 Å². The first kappa shape index (κ1) is 26.2. The van der Waals surface area contributed by atoms with Crippen LogP contribution in [0.25, 0.3) is 21.8 Å². The molecule has 33 heavy (non-hydrogen) atoms. The van der Waals surface area contributed by atoms with Crippen molar-refractivity contribution in [2.75, 3.05) is 0 Å². The maximum absolute atomic E-state index is 12.5. The van der Waals surface area contributed by atoms with E-state index in [1.165, 1.54) is 36.4 Å². The molecule has 7 heteroatoms. The number of halogens is 4. The zero-order valence-corrected chi connectivity index (χ0v) is 18.9. The number of benzene rings is 2. The van der Waals surface area contributed by atoms with Crippen LogP contribution < -0.4 is 0 Å². The summed E-state index contributed by atoms with van der Waals surface area (Å²) in [5, 5.41) is 1.12. The van der Waals surface area contributed by atoms with E-state index in [1.807, 2.05) is 24.3 Å². The zero-order chi connectivity index (χ0) is 22.8. The van der Waals surface area contributed by atoms with Gasteiger partial charge in [-0.2, -0.15) is 20.9 Å². The third-order valence-corrected chi connectivity index (χ3v) is 4.10. The van der Waals surface area contributed by atoms with Gasteiger partial charge < -0.3 is 9.97 Å². The van der Waals surface area contributed by atoms with Crippen LogP contribution in [0.15, 0.2) is 72.9 Å². The topological polar surface area (TPSA) is 31.6 Å². The van der Waals surface area contributed by atoms with Gasteiger partial charge in [-0.3, -0.25) is 20.9 Å². The average Bonchev–Trinajstić information content (AvgIpc) is 3.56. The van der Waals surface area contributed by atoms with Crippen molar-refractivity contribution in [3.8, 4) is 0 Å². The molecule has 0 radical (unpaired) electrons. The van der Waals surface area contributed by atoms with Crippen molar-refractivity contribution >= 4 is 21.8 Å². The Bertz CT molecular complexity index is 1160.